The highest BCUT2D eigenvalue weighted by Gasteiger charge is 2.25. The SMILES string of the molecule is CC(Oc1ccc(S(=O)(=O)Cl)cc1Br)C(=O)N1CCCC1. The average Bonchev–Trinajstić information content (AvgIpc) is 2.92. The minimum atomic E-state index is -3.79. The molecule has 8 heteroatoms. The molecule has 1 heterocycles. The number of hydrogen-bond donors (Lipinski definition) is 0. The number of hydrogen-bond acceptors (Lipinski definition) is 4. The predicted molar refractivity (Wildman–Crippen MR) is 83.1 cm³/mol. The summed E-state index contributed by atoms with van der Waals surface area (Å²) in [5, 5.41) is 0. The van der Waals surface area contributed by atoms with Gasteiger partial charge in [0.1, 0.15) is 5.75 Å². The molecule has 0 aromatic heterocycles. The second-order valence-electron chi connectivity index (χ2n) is 4.82. The van der Waals surface area contributed by atoms with Gasteiger partial charge in [-0.2, -0.15) is 0 Å². The second-order valence-corrected chi connectivity index (χ2v) is 8.24. The lowest BCUT2D eigenvalue weighted by Gasteiger charge is -2.21. The summed E-state index contributed by atoms with van der Waals surface area (Å²) in [6.07, 6.45) is 1.41. The number of amides is 1. The highest BCUT2D eigenvalue weighted by Crippen LogP contribution is 2.30. The van der Waals surface area contributed by atoms with E-state index in [1.54, 1.807) is 11.8 Å². The van der Waals surface area contributed by atoms with Gasteiger partial charge in [-0.05, 0) is 53.9 Å². The van der Waals surface area contributed by atoms with Crippen LogP contribution in [0.15, 0.2) is 27.6 Å². The first-order chi connectivity index (χ1) is 9.79. The van der Waals surface area contributed by atoms with Crippen molar-refractivity contribution >= 4 is 41.6 Å². The molecular weight excluding hydrogens is 382 g/mol. The summed E-state index contributed by atoms with van der Waals surface area (Å²) in [6, 6.07) is 4.17. The quantitative estimate of drug-likeness (QED) is 0.734. The second kappa shape index (κ2) is 6.54. The number of nitrogens with zero attached hydrogens (tertiary/aromatic N) is 1. The molecule has 1 atom stereocenters. The van der Waals surface area contributed by atoms with Gasteiger partial charge >= 0.3 is 0 Å². The molecule has 1 saturated heterocycles. The van der Waals surface area contributed by atoms with E-state index in [-0.39, 0.29) is 10.8 Å². The zero-order chi connectivity index (χ0) is 15.6. The first-order valence-electron chi connectivity index (χ1n) is 6.48. The van der Waals surface area contributed by atoms with Crippen molar-refractivity contribution in [2.24, 2.45) is 0 Å². The molecule has 1 aromatic carbocycles. The summed E-state index contributed by atoms with van der Waals surface area (Å²) < 4.78 is 28.5. The number of ether oxygens (including phenoxy) is 1. The molecule has 0 radical (unpaired) electrons. The van der Waals surface area contributed by atoms with E-state index in [1.165, 1.54) is 18.2 Å². The van der Waals surface area contributed by atoms with Crippen molar-refractivity contribution in [3.05, 3.63) is 22.7 Å². The van der Waals surface area contributed by atoms with E-state index in [0.29, 0.717) is 10.2 Å². The highest BCUT2D eigenvalue weighted by molar-refractivity contribution is 9.10. The lowest BCUT2D eigenvalue weighted by molar-refractivity contribution is -0.136. The Bertz CT molecular complexity index is 644. The number of carbonyl (C=O) groups is 1. The van der Waals surface area contributed by atoms with Crippen molar-refractivity contribution in [3.8, 4) is 5.75 Å². The maximum Gasteiger partial charge on any atom is 0.263 e. The van der Waals surface area contributed by atoms with Crippen molar-refractivity contribution in [3.63, 3.8) is 0 Å². The van der Waals surface area contributed by atoms with Gasteiger partial charge in [-0.25, -0.2) is 8.42 Å². The van der Waals surface area contributed by atoms with Crippen molar-refractivity contribution in [1.29, 1.82) is 0 Å². The van der Waals surface area contributed by atoms with Crippen molar-refractivity contribution in [2.45, 2.75) is 30.8 Å². The fourth-order valence-electron chi connectivity index (χ4n) is 2.16. The Hall–Kier alpha value is -0.790. The minimum Gasteiger partial charge on any atom is -0.480 e. The number of likely N-dealkylation sites (tertiary alicyclic amines) is 1. The fraction of sp³-hybridized carbons (Fsp3) is 0.462. The number of rotatable bonds is 4. The molecule has 1 aromatic rings. The molecule has 1 aliphatic rings. The van der Waals surface area contributed by atoms with E-state index in [9.17, 15) is 13.2 Å². The lowest BCUT2D eigenvalue weighted by atomic mass is 10.3. The van der Waals surface area contributed by atoms with Crippen LogP contribution in [0.4, 0.5) is 0 Å². The summed E-state index contributed by atoms with van der Waals surface area (Å²) in [5.74, 6) is 0.340. The van der Waals surface area contributed by atoms with E-state index in [0.717, 1.165) is 25.9 Å². The predicted octanol–water partition coefficient (Wildman–Crippen LogP) is 2.77. The molecule has 2 rings (SSSR count). The molecular formula is C13H15BrClNO4S. The van der Waals surface area contributed by atoms with Crippen LogP contribution in [0, 0.1) is 0 Å². The van der Waals surface area contributed by atoms with Crippen LogP contribution in [-0.4, -0.2) is 38.4 Å². The van der Waals surface area contributed by atoms with Crippen LogP contribution in [0.3, 0.4) is 0 Å². The van der Waals surface area contributed by atoms with Gasteiger partial charge < -0.3 is 9.64 Å². The topological polar surface area (TPSA) is 63.7 Å². The fourth-order valence-corrected chi connectivity index (χ4v) is 3.57. The van der Waals surface area contributed by atoms with Crippen molar-refractivity contribution in [2.75, 3.05) is 13.1 Å². The Morgan fingerprint density at radius 1 is 1.38 bits per heavy atom. The largest absolute Gasteiger partial charge is 0.480 e. The molecule has 1 aliphatic heterocycles. The van der Waals surface area contributed by atoms with Crippen molar-refractivity contribution in [1.82, 2.24) is 4.90 Å². The van der Waals surface area contributed by atoms with E-state index >= 15 is 0 Å². The third-order valence-corrected chi connectivity index (χ3v) is 5.23. The molecule has 0 spiro atoms. The zero-order valence-corrected chi connectivity index (χ0v) is 14.5. The molecule has 21 heavy (non-hydrogen) atoms. The Kier molecular flexibility index (Phi) is 5.16. The van der Waals surface area contributed by atoms with Gasteiger partial charge in [0, 0.05) is 23.8 Å². The first-order valence-corrected chi connectivity index (χ1v) is 9.59. The zero-order valence-electron chi connectivity index (χ0n) is 11.4. The van der Waals surface area contributed by atoms with E-state index in [1.807, 2.05) is 0 Å². The van der Waals surface area contributed by atoms with Gasteiger partial charge in [0.25, 0.3) is 15.0 Å². The van der Waals surface area contributed by atoms with E-state index in [2.05, 4.69) is 15.9 Å². The van der Waals surface area contributed by atoms with Gasteiger partial charge in [-0.15, -0.1) is 0 Å². The summed E-state index contributed by atoms with van der Waals surface area (Å²) in [7, 11) is 1.49. The summed E-state index contributed by atoms with van der Waals surface area (Å²) in [5.41, 5.74) is 0. The monoisotopic (exact) mass is 395 g/mol. The molecule has 5 nitrogen and oxygen atoms in total. The molecule has 0 saturated carbocycles. The summed E-state index contributed by atoms with van der Waals surface area (Å²) in [6.45, 7) is 3.20. The number of benzene rings is 1. The van der Waals surface area contributed by atoms with Gasteiger partial charge in [0.2, 0.25) is 0 Å². The minimum absolute atomic E-state index is 0.0260. The molecule has 0 bridgehead atoms. The number of halogens is 2. The maximum absolute atomic E-state index is 12.2. The first kappa shape index (κ1) is 16.6. The standard InChI is InChI=1S/C13H15BrClNO4S/c1-9(13(17)16-6-2-3-7-16)20-12-5-4-10(8-11(12)14)21(15,18)19/h4-5,8-9H,2-3,6-7H2,1H3. The highest BCUT2D eigenvalue weighted by atomic mass is 79.9. The summed E-state index contributed by atoms with van der Waals surface area (Å²) >= 11 is 3.23. The van der Waals surface area contributed by atoms with Crippen LogP contribution in [0.5, 0.6) is 5.75 Å². The Balaban J connectivity index is 2.10. The Morgan fingerprint density at radius 3 is 2.52 bits per heavy atom. The lowest BCUT2D eigenvalue weighted by Crippen LogP contribution is -2.38. The third-order valence-electron chi connectivity index (χ3n) is 3.25. The normalized spacial score (nSPS) is 16.8. The molecule has 0 N–H and O–H groups in total. The van der Waals surface area contributed by atoms with E-state index < -0.39 is 15.2 Å². The smallest absolute Gasteiger partial charge is 0.263 e. The molecule has 116 valence electrons. The van der Waals surface area contributed by atoms with Gasteiger partial charge in [-0.3, -0.25) is 4.79 Å². The molecule has 0 aliphatic carbocycles. The average molecular weight is 397 g/mol. The van der Waals surface area contributed by atoms with E-state index in [4.69, 9.17) is 15.4 Å². The van der Waals surface area contributed by atoms with Crippen LogP contribution in [0.25, 0.3) is 0 Å². The van der Waals surface area contributed by atoms with Crippen LogP contribution in [0.2, 0.25) is 0 Å². The maximum atomic E-state index is 12.2. The van der Waals surface area contributed by atoms with Crippen LogP contribution >= 0.6 is 26.6 Å². The van der Waals surface area contributed by atoms with Gasteiger partial charge in [0.15, 0.2) is 6.10 Å². The van der Waals surface area contributed by atoms with Crippen molar-refractivity contribution < 1.29 is 17.9 Å². The summed E-state index contributed by atoms with van der Waals surface area (Å²) in [4.78, 5) is 13.9. The Labute approximate surface area is 136 Å². The third kappa shape index (κ3) is 4.11. The van der Waals surface area contributed by atoms with Gasteiger partial charge in [0.05, 0.1) is 9.37 Å². The molecule has 1 unspecified atom stereocenters. The van der Waals surface area contributed by atoms with Crippen LogP contribution < -0.4 is 4.74 Å². The van der Waals surface area contributed by atoms with Crippen LogP contribution in [0.1, 0.15) is 19.8 Å². The molecule has 1 amide bonds. The number of carbonyl (C=O) groups excluding carboxylic acids is 1. The van der Waals surface area contributed by atoms with Gasteiger partial charge in [-0.1, -0.05) is 0 Å². The Morgan fingerprint density at radius 2 is 2.00 bits per heavy atom. The van der Waals surface area contributed by atoms with Crippen LogP contribution in [-0.2, 0) is 13.8 Å². The molecule has 1 fully saturated rings.